The number of hydrogen-bond donors (Lipinski definition) is 3. The number of nitrogens with one attached hydrogen (secondary N) is 1. The topological polar surface area (TPSA) is 95.9 Å². The lowest BCUT2D eigenvalue weighted by Crippen LogP contribution is -2.45. The SMILES string of the molecule is CCCCCCCCCCCCCCCCCCCCCCCC/C=C/C(O)C(CO)NC(=O)CCCCCCC/C=C\CCCCCCCCCCCOC(=O)CCCCCCCCCCCCCCCCCC. The molecule has 75 heavy (non-hydrogen) atoms. The number of aliphatic hydroxyl groups is 2. The molecule has 444 valence electrons. The molecule has 0 heterocycles. The van der Waals surface area contributed by atoms with Crippen LogP contribution in [0.5, 0.6) is 0 Å². The van der Waals surface area contributed by atoms with Crippen molar-refractivity contribution >= 4 is 11.9 Å². The van der Waals surface area contributed by atoms with Crippen LogP contribution in [0.3, 0.4) is 0 Å². The zero-order valence-electron chi connectivity index (χ0n) is 50.8. The summed E-state index contributed by atoms with van der Waals surface area (Å²) in [6.07, 6.45) is 80.9. The van der Waals surface area contributed by atoms with E-state index in [0.29, 0.717) is 19.4 Å². The fraction of sp³-hybridized carbons (Fsp3) is 0.913. The van der Waals surface area contributed by atoms with Gasteiger partial charge in [-0.3, -0.25) is 9.59 Å². The van der Waals surface area contributed by atoms with Crippen LogP contribution in [0.15, 0.2) is 24.3 Å². The number of allylic oxidation sites excluding steroid dienone is 3. The molecule has 0 rings (SSSR count). The number of esters is 1. The molecule has 0 fully saturated rings. The van der Waals surface area contributed by atoms with Gasteiger partial charge in [0.15, 0.2) is 0 Å². The number of aliphatic hydroxyl groups excluding tert-OH is 2. The standard InChI is InChI=1S/C69H133NO5/c1-3-5-7-9-11-13-15-17-19-21-22-23-24-25-26-27-30-33-37-41-45-49-53-57-61-67(72)66(65-71)70-68(73)62-58-54-50-46-42-38-34-31-28-29-32-36-40-44-48-52-56-60-64-75-69(74)63-59-55-51-47-43-39-35-20-18-16-14-12-10-8-6-4-2/h31,34,57,61,66-67,71-72H,3-30,32-33,35-56,58-60,62-65H2,1-2H3,(H,70,73)/b34-31-,61-57+. The van der Waals surface area contributed by atoms with Crippen LogP contribution in [0.25, 0.3) is 0 Å². The van der Waals surface area contributed by atoms with Gasteiger partial charge < -0.3 is 20.3 Å². The number of carbonyl (C=O) groups is 2. The van der Waals surface area contributed by atoms with Crippen LogP contribution in [0.2, 0.25) is 0 Å². The highest BCUT2D eigenvalue weighted by Gasteiger charge is 2.18. The molecule has 1 amide bonds. The molecule has 0 radical (unpaired) electrons. The molecule has 0 aliphatic heterocycles. The van der Waals surface area contributed by atoms with Gasteiger partial charge in [0.2, 0.25) is 5.91 Å². The van der Waals surface area contributed by atoms with Gasteiger partial charge in [0.05, 0.1) is 25.4 Å². The zero-order valence-corrected chi connectivity index (χ0v) is 50.8. The summed E-state index contributed by atoms with van der Waals surface area (Å²) in [4.78, 5) is 24.6. The van der Waals surface area contributed by atoms with E-state index in [4.69, 9.17) is 4.74 Å². The predicted molar refractivity (Wildman–Crippen MR) is 329 cm³/mol. The van der Waals surface area contributed by atoms with Crippen molar-refractivity contribution in [3.63, 3.8) is 0 Å². The van der Waals surface area contributed by atoms with E-state index in [-0.39, 0.29) is 18.5 Å². The highest BCUT2D eigenvalue weighted by atomic mass is 16.5. The lowest BCUT2D eigenvalue weighted by molar-refractivity contribution is -0.143. The summed E-state index contributed by atoms with van der Waals surface area (Å²) < 4.78 is 5.49. The van der Waals surface area contributed by atoms with Crippen molar-refractivity contribution in [1.82, 2.24) is 5.32 Å². The first-order chi connectivity index (χ1) is 37.0. The maximum absolute atomic E-state index is 12.5. The molecule has 0 saturated heterocycles. The Hall–Kier alpha value is -1.66. The van der Waals surface area contributed by atoms with E-state index in [9.17, 15) is 19.8 Å². The van der Waals surface area contributed by atoms with Crippen molar-refractivity contribution in [3.05, 3.63) is 24.3 Å². The van der Waals surface area contributed by atoms with Crippen LogP contribution in [-0.4, -0.2) is 47.4 Å². The first-order valence-corrected chi connectivity index (χ1v) is 34.1. The normalized spacial score (nSPS) is 12.6. The Morgan fingerprint density at radius 1 is 0.360 bits per heavy atom. The Morgan fingerprint density at radius 3 is 0.947 bits per heavy atom. The van der Waals surface area contributed by atoms with Crippen LogP contribution >= 0.6 is 0 Å². The molecule has 0 aromatic rings. The molecule has 0 aliphatic carbocycles. The van der Waals surface area contributed by atoms with Crippen LogP contribution in [-0.2, 0) is 14.3 Å². The molecule has 0 spiro atoms. The lowest BCUT2D eigenvalue weighted by atomic mass is 10.0. The van der Waals surface area contributed by atoms with Crippen LogP contribution < -0.4 is 5.32 Å². The molecule has 3 N–H and O–H groups in total. The fourth-order valence-corrected chi connectivity index (χ4v) is 10.7. The number of amides is 1. The monoisotopic (exact) mass is 1060 g/mol. The Kier molecular flexibility index (Phi) is 63.4. The molecular formula is C69H133NO5. The first-order valence-electron chi connectivity index (χ1n) is 34.1. The van der Waals surface area contributed by atoms with Gasteiger partial charge in [-0.25, -0.2) is 0 Å². The van der Waals surface area contributed by atoms with E-state index in [1.807, 2.05) is 6.08 Å². The van der Waals surface area contributed by atoms with Crippen molar-refractivity contribution in [2.75, 3.05) is 13.2 Å². The summed E-state index contributed by atoms with van der Waals surface area (Å²) in [7, 11) is 0. The Labute approximate surface area is 469 Å². The summed E-state index contributed by atoms with van der Waals surface area (Å²) in [5.74, 6) is -0.0716. The average molecular weight is 1060 g/mol. The summed E-state index contributed by atoms with van der Waals surface area (Å²) in [5, 5.41) is 23.2. The van der Waals surface area contributed by atoms with E-state index in [1.54, 1.807) is 6.08 Å². The van der Waals surface area contributed by atoms with E-state index < -0.39 is 12.1 Å². The van der Waals surface area contributed by atoms with Crippen molar-refractivity contribution in [3.8, 4) is 0 Å². The van der Waals surface area contributed by atoms with Gasteiger partial charge in [-0.05, 0) is 57.8 Å². The van der Waals surface area contributed by atoms with Crippen molar-refractivity contribution in [2.45, 2.75) is 392 Å². The van der Waals surface area contributed by atoms with Crippen LogP contribution in [0.1, 0.15) is 380 Å². The maximum Gasteiger partial charge on any atom is 0.305 e. The van der Waals surface area contributed by atoms with E-state index in [2.05, 4.69) is 31.3 Å². The molecule has 0 saturated carbocycles. The van der Waals surface area contributed by atoms with Gasteiger partial charge in [-0.2, -0.15) is 0 Å². The third-order valence-corrected chi connectivity index (χ3v) is 16.0. The Balaban J connectivity index is 3.46. The molecule has 6 heteroatoms. The second-order valence-electron chi connectivity index (χ2n) is 23.5. The highest BCUT2D eigenvalue weighted by molar-refractivity contribution is 5.76. The Morgan fingerprint density at radius 2 is 0.627 bits per heavy atom. The molecule has 0 aromatic carbocycles. The predicted octanol–water partition coefficient (Wildman–Crippen LogP) is 21.8. The number of ether oxygens (including phenoxy) is 1. The van der Waals surface area contributed by atoms with Gasteiger partial charge in [0.1, 0.15) is 0 Å². The summed E-state index contributed by atoms with van der Waals surface area (Å²) in [6.45, 7) is 4.93. The van der Waals surface area contributed by atoms with Crippen molar-refractivity contribution in [2.24, 2.45) is 0 Å². The van der Waals surface area contributed by atoms with Crippen molar-refractivity contribution in [1.29, 1.82) is 0 Å². The molecule has 0 aliphatic rings. The van der Waals surface area contributed by atoms with Gasteiger partial charge >= 0.3 is 5.97 Å². The minimum absolute atomic E-state index is 0.00649. The number of hydrogen-bond acceptors (Lipinski definition) is 5. The second-order valence-corrected chi connectivity index (χ2v) is 23.5. The lowest BCUT2D eigenvalue weighted by Gasteiger charge is -2.20. The summed E-state index contributed by atoms with van der Waals surface area (Å²) >= 11 is 0. The van der Waals surface area contributed by atoms with E-state index in [1.165, 1.54) is 295 Å². The average Bonchev–Trinajstić information content (AvgIpc) is 3.41. The Bertz CT molecular complexity index is 1170. The molecular weight excluding hydrogens is 923 g/mol. The van der Waals surface area contributed by atoms with Crippen LogP contribution in [0, 0.1) is 0 Å². The highest BCUT2D eigenvalue weighted by Crippen LogP contribution is 2.18. The van der Waals surface area contributed by atoms with Gasteiger partial charge in [0, 0.05) is 12.8 Å². The first kappa shape index (κ1) is 73.3. The number of unbranched alkanes of at least 4 members (excludes halogenated alkanes) is 51. The van der Waals surface area contributed by atoms with Crippen LogP contribution in [0.4, 0.5) is 0 Å². The molecule has 2 unspecified atom stereocenters. The summed E-state index contributed by atoms with van der Waals surface area (Å²) in [6, 6.07) is -0.639. The van der Waals surface area contributed by atoms with Gasteiger partial charge in [-0.15, -0.1) is 0 Å². The third-order valence-electron chi connectivity index (χ3n) is 16.0. The minimum atomic E-state index is -0.854. The smallest absolute Gasteiger partial charge is 0.305 e. The second kappa shape index (κ2) is 64.9. The molecule has 0 aromatic heterocycles. The maximum atomic E-state index is 12.5. The molecule has 6 nitrogen and oxygen atoms in total. The number of carbonyl (C=O) groups excluding carboxylic acids is 2. The van der Waals surface area contributed by atoms with Crippen molar-refractivity contribution < 1.29 is 24.5 Å². The van der Waals surface area contributed by atoms with Gasteiger partial charge in [0.25, 0.3) is 0 Å². The fourth-order valence-electron chi connectivity index (χ4n) is 10.7. The largest absolute Gasteiger partial charge is 0.466 e. The summed E-state index contributed by atoms with van der Waals surface area (Å²) in [5.41, 5.74) is 0. The molecule has 0 bridgehead atoms. The van der Waals surface area contributed by atoms with E-state index >= 15 is 0 Å². The number of rotatable bonds is 64. The van der Waals surface area contributed by atoms with E-state index in [0.717, 1.165) is 57.8 Å². The third kappa shape index (κ3) is 61.4. The van der Waals surface area contributed by atoms with Gasteiger partial charge in [-0.1, -0.05) is 334 Å². The zero-order chi connectivity index (χ0) is 54.3. The molecule has 2 atom stereocenters. The minimum Gasteiger partial charge on any atom is -0.466 e. The quantitative estimate of drug-likeness (QED) is 0.0320.